The third-order valence-electron chi connectivity index (χ3n) is 4.25. The maximum Gasteiger partial charge on any atom is 0.221 e. The van der Waals surface area contributed by atoms with Gasteiger partial charge in [0.05, 0.1) is 0 Å². The van der Waals surface area contributed by atoms with Crippen LogP contribution in [0.4, 0.5) is 5.69 Å². The Hall–Kier alpha value is -1.55. The minimum Gasteiger partial charge on any atom is -0.369 e. The highest BCUT2D eigenvalue weighted by Crippen LogP contribution is 2.15. The lowest BCUT2D eigenvalue weighted by Gasteiger charge is -2.36. The Morgan fingerprint density at radius 1 is 1.09 bits per heavy atom. The predicted molar refractivity (Wildman–Crippen MR) is 92.2 cm³/mol. The van der Waals surface area contributed by atoms with Crippen LogP contribution in [0.3, 0.4) is 0 Å². The Balaban J connectivity index is 1.60. The first-order valence-corrected chi connectivity index (χ1v) is 8.58. The number of carbonyl (C=O) groups excluding carboxylic acids is 1. The summed E-state index contributed by atoms with van der Waals surface area (Å²) in [6, 6.07) is 10.6. The third-order valence-corrected chi connectivity index (χ3v) is 4.25. The van der Waals surface area contributed by atoms with Gasteiger partial charge in [0.1, 0.15) is 0 Å². The zero-order valence-corrected chi connectivity index (χ0v) is 13.8. The fraction of sp³-hybridized carbons (Fsp3) is 0.611. The van der Waals surface area contributed by atoms with E-state index in [9.17, 15) is 4.79 Å². The zero-order chi connectivity index (χ0) is 15.6. The zero-order valence-electron chi connectivity index (χ0n) is 13.8. The van der Waals surface area contributed by atoms with Gasteiger partial charge in [-0.3, -0.25) is 9.69 Å². The number of rotatable bonds is 8. The summed E-state index contributed by atoms with van der Waals surface area (Å²) in [6.07, 6.45) is 4.11. The number of amides is 1. The molecule has 0 aromatic heterocycles. The molecule has 1 amide bonds. The minimum atomic E-state index is 0.196. The Morgan fingerprint density at radius 3 is 2.50 bits per heavy atom. The number of nitrogens with one attached hydrogen (secondary N) is 1. The summed E-state index contributed by atoms with van der Waals surface area (Å²) in [7, 11) is 0. The molecular weight excluding hydrogens is 274 g/mol. The number of benzene rings is 1. The molecule has 1 aromatic carbocycles. The van der Waals surface area contributed by atoms with Gasteiger partial charge < -0.3 is 10.2 Å². The predicted octanol–water partition coefficient (Wildman–Crippen LogP) is 2.51. The Morgan fingerprint density at radius 2 is 1.82 bits per heavy atom. The fourth-order valence-electron chi connectivity index (χ4n) is 2.82. The van der Waals surface area contributed by atoms with Crippen molar-refractivity contribution in [2.24, 2.45) is 0 Å². The molecule has 2 rings (SSSR count). The summed E-state index contributed by atoms with van der Waals surface area (Å²) >= 11 is 0. The molecule has 0 aliphatic carbocycles. The van der Waals surface area contributed by atoms with E-state index in [4.69, 9.17) is 0 Å². The Labute approximate surface area is 134 Å². The lowest BCUT2D eigenvalue weighted by atomic mass is 10.2. The molecule has 1 aliphatic heterocycles. The van der Waals surface area contributed by atoms with Gasteiger partial charge in [-0.1, -0.05) is 38.0 Å². The average Bonchev–Trinajstić information content (AvgIpc) is 2.58. The number of para-hydroxylation sites is 1. The van der Waals surface area contributed by atoms with Crippen LogP contribution in [0.15, 0.2) is 30.3 Å². The Bertz CT molecular complexity index is 427. The van der Waals surface area contributed by atoms with E-state index in [1.807, 2.05) is 0 Å². The van der Waals surface area contributed by atoms with Crippen molar-refractivity contribution in [2.45, 2.75) is 32.6 Å². The van der Waals surface area contributed by atoms with Gasteiger partial charge in [0.15, 0.2) is 0 Å². The standard InChI is InChI=1S/C18H29N3O/c1-2-3-7-11-19-18(22)10-12-20-13-15-21(16-14-20)17-8-5-4-6-9-17/h4-6,8-9H,2-3,7,10-16H2,1H3,(H,19,22). The van der Waals surface area contributed by atoms with E-state index in [1.165, 1.54) is 18.5 Å². The third kappa shape index (κ3) is 5.68. The first kappa shape index (κ1) is 16.8. The molecule has 0 bridgehead atoms. The summed E-state index contributed by atoms with van der Waals surface area (Å²) in [5.74, 6) is 0.196. The molecule has 4 heteroatoms. The van der Waals surface area contributed by atoms with E-state index in [0.717, 1.165) is 45.7 Å². The maximum absolute atomic E-state index is 11.8. The molecule has 1 aromatic rings. The topological polar surface area (TPSA) is 35.6 Å². The molecule has 0 unspecified atom stereocenters. The van der Waals surface area contributed by atoms with E-state index < -0.39 is 0 Å². The fourth-order valence-corrected chi connectivity index (χ4v) is 2.82. The van der Waals surface area contributed by atoms with Crippen molar-refractivity contribution >= 4 is 11.6 Å². The van der Waals surface area contributed by atoms with Crippen LogP contribution in [0, 0.1) is 0 Å². The number of piperazine rings is 1. The highest BCUT2D eigenvalue weighted by Gasteiger charge is 2.17. The quantitative estimate of drug-likeness (QED) is 0.750. The Kier molecular flexibility index (Phi) is 7.23. The van der Waals surface area contributed by atoms with Gasteiger partial charge in [-0.05, 0) is 18.6 Å². The maximum atomic E-state index is 11.8. The van der Waals surface area contributed by atoms with Gasteiger partial charge in [-0.2, -0.15) is 0 Å². The molecule has 0 saturated carbocycles. The van der Waals surface area contributed by atoms with Crippen molar-refractivity contribution in [1.29, 1.82) is 0 Å². The van der Waals surface area contributed by atoms with E-state index in [0.29, 0.717) is 6.42 Å². The second-order valence-electron chi connectivity index (χ2n) is 5.97. The smallest absolute Gasteiger partial charge is 0.221 e. The minimum absolute atomic E-state index is 0.196. The van der Waals surface area contributed by atoms with Crippen LogP contribution in [0.5, 0.6) is 0 Å². The van der Waals surface area contributed by atoms with Crippen LogP contribution in [0.1, 0.15) is 32.6 Å². The van der Waals surface area contributed by atoms with Gasteiger partial charge >= 0.3 is 0 Å². The molecule has 1 aliphatic rings. The molecule has 1 saturated heterocycles. The number of anilines is 1. The van der Waals surface area contributed by atoms with E-state index >= 15 is 0 Å². The summed E-state index contributed by atoms with van der Waals surface area (Å²) in [5, 5.41) is 3.02. The second-order valence-corrected chi connectivity index (χ2v) is 5.97. The van der Waals surface area contributed by atoms with Crippen molar-refractivity contribution < 1.29 is 4.79 Å². The van der Waals surface area contributed by atoms with Crippen LogP contribution in [-0.4, -0.2) is 50.1 Å². The average molecular weight is 303 g/mol. The van der Waals surface area contributed by atoms with Crippen molar-refractivity contribution in [2.75, 3.05) is 44.2 Å². The second kappa shape index (κ2) is 9.46. The number of hydrogen-bond donors (Lipinski definition) is 1. The highest BCUT2D eigenvalue weighted by molar-refractivity contribution is 5.76. The van der Waals surface area contributed by atoms with Crippen molar-refractivity contribution in [3.05, 3.63) is 30.3 Å². The SMILES string of the molecule is CCCCCNC(=O)CCN1CCN(c2ccccc2)CC1. The van der Waals surface area contributed by atoms with E-state index in [-0.39, 0.29) is 5.91 Å². The van der Waals surface area contributed by atoms with E-state index in [2.05, 4.69) is 52.4 Å². The van der Waals surface area contributed by atoms with Crippen LogP contribution in [0.25, 0.3) is 0 Å². The summed E-state index contributed by atoms with van der Waals surface area (Å²) in [5.41, 5.74) is 1.30. The number of hydrogen-bond acceptors (Lipinski definition) is 3. The first-order valence-electron chi connectivity index (χ1n) is 8.58. The van der Waals surface area contributed by atoms with E-state index in [1.54, 1.807) is 0 Å². The van der Waals surface area contributed by atoms with Crippen LogP contribution in [0.2, 0.25) is 0 Å². The summed E-state index contributed by atoms with van der Waals surface area (Å²) in [4.78, 5) is 16.6. The molecule has 22 heavy (non-hydrogen) atoms. The van der Waals surface area contributed by atoms with Crippen molar-refractivity contribution in [3.8, 4) is 0 Å². The molecule has 1 N–H and O–H groups in total. The van der Waals surface area contributed by atoms with Gasteiger partial charge in [-0.15, -0.1) is 0 Å². The van der Waals surface area contributed by atoms with Crippen molar-refractivity contribution in [3.63, 3.8) is 0 Å². The molecule has 1 heterocycles. The largest absolute Gasteiger partial charge is 0.369 e. The van der Waals surface area contributed by atoms with Gasteiger partial charge in [0.2, 0.25) is 5.91 Å². The molecule has 122 valence electrons. The lowest BCUT2D eigenvalue weighted by Crippen LogP contribution is -2.47. The number of unbranched alkanes of at least 4 members (excludes halogenated alkanes) is 2. The molecule has 1 fully saturated rings. The number of nitrogens with zero attached hydrogens (tertiary/aromatic N) is 2. The highest BCUT2D eigenvalue weighted by atomic mass is 16.1. The molecule has 0 spiro atoms. The summed E-state index contributed by atoms with van der Waals surface area (Å²) < 4.78 is 0. The first-order chi connectivity index (χ1) is 10.8. The summed E-state index contributed by atoms with van der Waals surface area (Å²) in [6.45, 7) is 8.05. The van der Waals surface area contributed by atoms with Crippen LogP contribution < -0.4 is 10.2 Å². The van der Waals surface area contributed by atoms with Crippen molar-refractivity contribution in [1.82, 2.24) is 10.2 Å². The van der Waals surface area contributed by atoms with Crippen LogP contribution >= 0.6 is 0 Å². The van der Waals surface area contributed by atoms with Crippen LogP contribution in [-0.2, 0) is 4.79 Å². The normalized spacial score (nSPS) is 15.8. The number of carbonyl (C=O) groups is 1. The molecule has 4 nitrogen and oxygen atoms in total. The molecular formula is C18H29N3O. The molecule has 0 radical (unpaired) electrons. The lowest BCUT2D eigenvalue weighted by molar-refractivity contribution is -0.121. The monoisotopic (exact) mass is 303 g/mol. The van der Waals surface area contributed by atoms with Gasteiger partial charge in [0, 0.05) is 51.4 Å². The molecule has 0 atom stereocenters. The van der Waals surface area contributed by atoms with Gasteiger partial charge in [0.25, 0.3) is 0 Å². The van der Waals surface area contributed by atoms with Gasteiger partial charge in [-0.25, -0.2) is 0 Å².